The summed E-state index contributed by atoms with van der Waals surface area (Å²) in [4.78, 5) is 20.3. The Bertz CT molecular complexity index is 2570. The lowest BCUT2D eigenvalue weighted by Crippen LogP contribution is -2.64. The van der Waals surface area contributed by atoms with Crippen molar-refractivity contribution in [1.82, 2.24) is 10.3 Å². The van der Waals surface area contributed by atoms with Crippen molar-refractivity contribution in [1.29, 1.82) is 0 Å². The second-order valence-electron chi connectivity index (χ2n) is 17.6. The van der Waals surface area contributed by atoms with Crippen LogP contribution in [0.3, 0.4) is 0 Å². The molecule has 0 amide bonds. The number of nitrogens with zero attached hydrogens (tertiary/aromatic N) is 1. The van der Waals surface area contributed by atoms with Gasteiger partial charge in [-0.05, 0) is 132 Å². The van der Waals surface area contributed by atoms with E-state index in [-0.39, 0.29) is 47.5 Å². The number of carbonyl (C=O) groups excluding carboxylic acids is 1. The van der Waals surface area contributed by atoms with Crippen molar-refractivity contribution >= 4 is 16.6 Å². The Kier molecular flexibility index (Phi) is 12.1. The van der Waals surface area contributed by atoms with Crippen LogP contribution >= 0.6 is 0 Å². The second-order valence-corrected chi connectivity index (χ2v) is 17.6. The first kappa shape index (κ1) is 42.9. The van der Waals surface area contributed by atoms with E-state index in [9.17, 15) is 25.5 Å². The van der Waals surface area contributed by atoms with E-state index in [0.717, 1.165) is 45.0 Å². The van der Waals surface area contributed by atoms with Gasteiger partial charge in [0.15, 0.2) is 28.8 Å². The molecular weight excluding hydrogens is 781 g/mol. The van der Waals surface area contributed by atoms with Gasteiger partial charge >= 0.3 is 0 Å². The highest BCUT2D eigenvalue weighted by Crippen LogP contribution is 2.56. The number of hydrogen-bond donors (Lipinski definition) is 6. The third-order valence-corrected chi connectivity index (χ3v) is 14.1. The summed E-state index contributed by atoms with van der Waals surface area (Å²) in [6.45, 7) is 2.55. The number of hydrogen-bond acceptors (Lipinski definition) is 9. The van der Waals surface area contributed by atoms with E-state index in [4.69, 9.17) is 9.47 Å². The first-order valence-electron chi connectivity index (χ1n) is 21.6. The van der Waals surface area contributed by atoms with Crippen molar-refractivity contribution in [3.8, 4) is 28.7 Å². The molecule has 0 radical (unpaired) electrons. The average molecular weight is 838 g/mol. The Morgan fingerprint density at radius 3 is 2.34 bits per heavy atom. The monoisotopic (exact) mass is 837 g/mol. The average Bonchev–Trinajstić information content (AvgIpc) is 3.78. The van der Waals surface area contributed by atoms with Crippen LogP contribution in [0.15, 0.2) is 103 Å². The SMILES string of the molecule is CCc1ccc2ccccc2c1Cc1c(CC2(Cc3cc[n-]c3)CCC3CC(O)C(Cc4ccc(O)c(OC)c4)(c4cc(O)cc(CNC)c4)C(=O)C3C2O)ccc(O)c1OC. The van der Waals surface area contributed by atoms with Crippen molar-refractivity contribution in [2.24, 2.45) is 17.3 Å². The third kappa shape index (κ3) is 7.69. The van der Waals surface area contributed by atoms with Gasteiger partial charge in [-0.15, -0.1) is 0 Å². The maximum Gasteiger partial charge on any atom is 0.164 e. The zero-order valence-electron chi connectivity index (χ0n) is 35.9. The van der Waals surface area contributed by atoms with E-state index in [0.29, 0.717) is 55.5 Å². The molecule has 324 valence electrons. The number of carbonyl (C=O) groups is 1. The summed E-state index contributed by atoms with van der Waals surface area (Å²) < 4.78 is 11.4. The van der Waals surface area contributed by atoms with Gasteiger partial charge in [-0.25, -0.2) is 0 Å². The van der Waals surface area contributed by atoms with Crippen LogP contribution in [-0.2, 0) is 48.9 Å². The van der Waals surface area contributed by atoms with Crippen LogP contribution in [0, 0.1) is 17.3 Å². The Morgan fingerprint density at radius 1 is 0.806 bits per heavy atom. The molecule has 6 aromatic rings. The molecule has 1 heterocycles. The van der Waals surface area contributed by atoms with Gasteiger partial charge in [0, 0.05) is 29.9 Å². The van der Waals surface area contributed by atoms with Gasteiger partial charge in [0.05, 0.1) is 31.8 Å². The summed E-state index contributed by atoms with van der Waals surface area (Å²) in [5.41, 5.74) is 4.39. The van der Waals surface area contributed by atoms with Crippen molar-refractivity contribution in [3.05, 3.63) is 148 Å². The normalized spacial score (nSPS) is 23.6. The minimum Gasteiger partial charge on any atom is -0.670 e. The molecule has 0 aliphatic heterocycles. The fourth-order valence-corrected chi connectivity index (χ4v) is 11.0. The molecule has 0 saturated heterocycles. The highest BCUT2D eigenvalue weighted by Gasteiger charge is 2.61. The maximum absolute atomic E-state index is 15.9. The molecular formula is C52H57N2O8-. The predicted octanol–water partition coefficient (Wildman–Crippen LogP) is 7.48. The summed E-state index contributed by atoms with van der Waals surface area (Å²) in [5, 5.41) is 64.0. The predicted molar refractivity (Wildman–Crippen MR) is 239 cm³/mol. The Labute approximate surface area is 363 Å². The quantitative estimate of drug-likeness (QED) is 0.0649. The number of ketones is 1. The fraction of sp³-hybridized carbons (Fsp3) is 0.365. The molecule has 2 aliphatic rings. The zero-order valence-corrected chi connectivity index (χ0v) is 35.9. The minimum absolute atomic E-state index is 0.0268. The van der Waals surface area contributed by atoms with Crippen LogP contribution in [-0.4, -0.2) is 64.8 Å². The molecule has 1 aromatic heterocycles. The van der Waals surface area contributed by atoms with Crippen LogP contribution in [0.5, 0.6) is 28.7 Å². The number of aliphatic hydroxyl groups excluding tert-OH is 2. The Hall–Kier alpha value is -5.81. The molecule has 62 heavy (non-hydrogen) atoms. The molecule has 6 unspecified atom stereocenters. The number of aliphatic hydroxyl groups is 2. The van der Waals surface area contributed by atoms with Crippen LogP contribution in [0.25, 0.3) is 10.8 Å². The smallest absolute Gasteiger partial charge is 0.164 e. The van der Waals surface area contributed by atoms with Crippen molar-refractivity contribution in [2.75, 3.05) is 21.3 Å². The molecule has 2 aliphatic carbocycles. The molecule has 2 fully saturated rings. The highest BCUT2D eigenvalue weighted by atomic mass is 16.5. The van der Waals surface area contributed by atoms with Crippen molar-refractivity contribution in [3.63, 3.8) is 0 Å². The number of phenolic OH excluding ortho intramolecular Hbond substituents is 3. The maximum atomic E-state index is 15.9. The van der Waals surface area contributed by atoms with E-state index in [1.807, 2.05) is 36.5 Å². The minimum atomic E-state index is -1.58. The van der Waals surface area contributed by atoms with Gasteiger partial charge in [-0.3, -0.25) is 4.79 Å². The first-order valence-corrected chi connectivity index (χ1v) is 21.6. The van der Waals surface area contributed by atoms with Gasteiger partial charge in [0.1, 0.15) is 5.75 Å². The topological polar surface area (TPSA) is 163 Å². The number of nitrogens with one attached hydrogen (secondary N) is 1. The van der Waals surface area contributed by atoms with Crippen LogP contribution in [0.4, 0.5) is 0 Å². The molecule has 8 rings (SSSR count). The number of rotatable bonds is 14. The molecule has 2 saturated carbocycles. The number of phenols is 3. The third-order valence-electron chi connectivity index (χ3n) is 14.1. The Morgan fingerprint density at radius 2 is 1.60 bits per heavy atom. The number of aromatic nitrogens is 1. The van der Waals surface area contributed by atoms with E-state index in [2.05, 4.69) is 41.5 Å². The lowest BCUT2D eigenvalue weighted by Gasteiger charge is -2.55. The molecule has 10 heteroatoms. The molecule has 6 N–H and O–H groups in total. The molecule has 10 nitrogen and oxygen atoms in total. The van der Waals surface area contributed by atoms with E-state index in [1.54, 1.807) is 50.7 Å². The number of fused-ring (bicyclic) bond motifs is 2. The van der Waals surface area contributed by atoms with Crippen molar-refractivity contribution < 1.29 is 39.8 Å². The summed E-state index contributed by atoms with van der Waals surface area (Å²) in [7, 11) is 4.82. The van der Waals surface area contributed by atoms with Crippen LogP contribution in [0.1, 0.15) is 70.7 Å². The van der Waals surface area contributed by atoms with Gasteiger partial charge in [-0.2, -0.15) is 12.4 Å². The highest BCUT2D eigenvalue weighted by molar-refractivity contribution is 5.95. The molecule has 0 bridgehead atoms. The Balaban J connectivity index is 1.27. The van der Waals surface area contributed by atoms with Crippen molar-refractivity contribution in [2.45, 2.75) is 82.5 Å². The van der Waals surface area contributed by atoms with E-state index < -0.39 is 29.0 Å². The van der Waals surface area contributed by atoms with Crippen LogP contribution in [0.2, 0.25) is 0 Å². The molecule has 0 spiro atoms. The molecule has 6 atom stereocenters. The fourth-order valence-electron chi connectivity index (χ4n) is 11.0. The number of methoxy groups -OCH3 is 2. The number of Topliss-reactive ketones (excluding diaryl/α,β-unsaturated/α-hetero) is 1. The van der Waals surface area contributed by atoms with Crippen LogP contribution < -0.4 is 19.8 Å². The van der Waals surface area contributed by atoms with Gasteiger partial charge in [0.2, 0.25) is 0 Å². The number of ether oxygens (including phenoxy) is 2. The van der Waals surface area contributed by atoms with E-state index in [1.165, 1.54) is 18.7 Å². The first-order chi connectivity index (χ1) is 29.9. The largest absolute Gasteiger partial charge is 0.670 e. The summed E-state index contributed by atoms with van der Waals surface area (Å²) in [6.07, 6.45) is 4.79. The summed E-state index contributed by atoms with van der Waals surface area (Å²) in [6, 6.07) is 28.1. The number of aromatic hydroxyl groups is 3. The van der Waals surface area contributed by atoms with Gasteiger partial charge < -0.3 is 45.3 Å². The standard InChI is InChI=1S/C52H57N2O8/c1-5-34-11-12-35-8-6-7-9-40(35)41(34)25-42-37(13-15-44(57)48(42)62-4)28-51(26-32-17-19-54-30-32)18-16-36-23-46(58)52(50(60)47(36)49(51)59,27-31-10-14-43(56)45(22-31)61-3)38-20-33(29-53-2)21-39(55)24-38/h6-15,17,19-22,24,30,36,46-47,49,53,55-59H,5,16,18,23,25-29H2,1-4H3/q-1. The zero-order chi connectivity index (χ0) is 43.8. The van der Waals surface area contributed by atoms with Gasteiger partial charge in [-0.1, -0.05) is 73.2 Å². The second kappa shape index (κ2) is 17.5. The summed E-state index contributed by atoms with van der Waals surface area (Å²) >= 11 is 0. The lowest BCUT2D eigenvalue weighted by atomic mass is 9.49. The summed E-state index contributed by atoms with van der Waals surface area (Å²) in [5.74, 6) is -0.936. The van der Waals surface area contributed by atoms with Gasteiger partial charge in [0.25, 0.3) is 0 Å². The number of aryl methyl sites for hydroxylation is 1. The van der Waals surface area contributed by atoms with E-state index >= 15 is 4.79 Å². The number of benzene rings is 5. The molecule has 5 aromatic carbocycles. The lowest BCUT2D eigenvalue weighted by molar-refractivity contribution is -0.163.